The molecule has 5 nitrogen and oxygen atoms in total. The standard InChI is InChI=1S/C18H24N4O/c1-3-4-5-10-19-18(23)16-12-22-17(13-20-16)21-11-15-8-6-14(2)7-9-15/h6-9,12-13H,3-5,10-11H2,1-2H3,(H,19,23)(H,21,22). The predicted molar refractivity (Wildman–Crippen MR) is 92.4 cm³/mol. The largest absolute Gasteiger partial charge is 0.365 e. The number of nitrogens with one attached hydrogen (secondary N) is 2. The quantitative estimate of drug-likeness (QED) is 0.734. The number of rotatable bonds is 8. The van der Waals surface area contributed by atoms with Gasteiger partial charge in [0.2, 0.25) is 0 Å². The maximum absolute atomic E-state index is 11.9. The van der Waals surface area contributed by atoms with Crippen molar-refractivity contribution in [1.29, 1.82) is 0 Å². The highest BCUT2D eigenvalue weighted by Crippen LogP contribution is 2.07. The van der Waals surface area contributed by atoms with Crippen molar-refractivity contribution in [2.24, 2.45) is 0 Å². The molecule has 0 aliphatic heterocycles. The van der Waals surface area contributed by atoms with E-state index >= 15 is 0 Å². The molecule has 122 valence electrons. The summed E-state index contributed by atoms with van der Waals surface area (Å²) in [7, 11) is 0. The monoisotopic (exact) mass is 312 g/mol. The van der Waals surface area contributed by atoms with Crippen molar-refractivity contribution in [3.8, 4) is 0 Å². The molecular weight excluding hydrogens is 288 g/mol. The SMILES string of the molecule is CCCCCNC(=O)c1cnc(NCc2ccc(C)cc2)cn1. The first kappa shape index (κ1) is 16.9. The first-order valence-electron chi connectivity index (χ1n) is 8.08. The maximum atomic E-state index is 11.9. The summed E-state index contributed by atoms with van der Waals surface area (Å²) in [4.78, 5) is 20.3. The van der Waals surface area contributed by atoms with Crippen molar-refractivity contribution >= 4 is 11.7 Å². The van der Waals surface area contributed by atoms with Gasteiger partial charge in [0.15, 0.2) is 0 Å². The lowest BCUT2D eigenvalue weighted by Gasteiger charge is -2.07. The van der Waals surface area contributed by atoms with Crippen molar-refractivity contribution in [3.05, 3.63) is 53.5 Å². The zero-order valence-electron chi connectivity index (χ0n) is 13.8. The lowest BCUT2D eigenvalue weighted by Crippen LogP contribution is -2.25. The zero-order valence-corrected chi connectivity index (χ0v) is 13.8. The Labute approximate surface area is 137 Å². The maximum Gasteiger partial charge on any atom is 0.271 e. The summed E-state index contributed by atoms with van der Waals surface area (Å²) in [6.45, 7) is 5.56. The van der Waals surface area contributed by atoms with Gasteiger partial charge in [0, 0.05) is 13.1 Å². The van der Waals surface area contributed by atoms with Crippen LogP contribution in [0.2, 0.25) is 0 Å². The number of unbranched alkanes of at least 4 members (excludes halogenated alkanes) is 2. The van der Waals surface area contributed by atoms with Gasteiger partial charge in [-0.1, -0.05) is 49.6 Å². The molecule has 1 amide bonds. The van der Waals surface area contributed by atoms with Gasteiger partial charge in [-0.15, -0.1) is 0 Å². The van der Waals surface area contributed by atoms with E-state index in [1.54, 1.807) is 6.20 Å². The summed E-state index contributed by atoms with van der Waals surface area (Å²) in [5, 5.41) is 6.06. The molecule has 0 aliphatic carbocycles. The number of amides is 1. The third-order valence-corrected chi connectivity index (χ3v) is 3.54. The molecule has 1 aromatic carbocycles. The molecule has 0 spiro atoms. The van der Waals surface area contributed by atoms with Gasteiger partial charge in [-0.3, -0.25) is 4.79 Å². The summed E-state index contributed by atoms with van der Waals surface area (Å²) >= 11 is 0. The number of nitrogens with zero attached hydrogens (tertiary/aromatic N) is 2. The van der Waals surface area contributed by atoms with E-state index in [4.69, 9.17) is 0 Å². The number of carbonyl (C=O) groups is 1. The fraction of sp³-hybridized carbons (Fsp3) is 0.389. The average molecular weight is 312 g/mol. The third-order valence-electron chi connectivity index (χ3n) is 3.54. The Hall–Kier alpha value is -2.43. The molecule has 0 bridgehead atoms. The molecule has 0 aliphatic rings. The molecule has 23 heavy (non-hydrogen) atoms. The van der Waals surface area contributed by atoms with Crippen molar-refractivity contribution in [2.45, 2.75) is 39.7 Å². The van der Waals surface area contributed by atoms with Gasteiger partial charge in [-0.05, 0) is 18.9 Å². The van der Waals surface area contributed by atoms with Gasteiger partial charge in [0.1, 0.15) is 11.5 Å². The average Bonchev–Trinajstić information content (AvgIpc) is 2.58. The van der Waals surface area contributed by atoms with Crippen LogP contribution in [0.15, 0.2) is 36.7 Å². The minimum Gasteiger partial charge on any atom is -0.365 e. The molecule has 1 aromatic heterocycles. The van der Waals surface area contributed by atoms with Gasteiger partial charge in [0.05, 0.1) is 12.4 Å². The molecule has 1 heterocycles. The summed E-state index contributed by atoms with van der Waals surface area (Å²) in [6, 6.07) is 8.31. The van der Waals surface area contributed by atoms with E-state index in [0.29, 0.717) is 24.6 Å². The second-order valence-electron chi connectivity index (χ2n) is 5.59. The lowest BCUT2D eigenvalue weighted by atomic mass is 10.1. The first-order chi connectivity index (χ1) is 11.2. The first-order valence-corrected chi connectivity index (χ1v) is 8.08. The van der Waals surface area contributed by atoms with E-state index in [9.17, 15) is 4.79 Å². The van der Waals surface area contributed by atoms with Gasteiger partial charge in [0.25, 0.3) is 5.91 Å². The highest BCUT2D eigenvalue weighted by atomic mass is 16.1. The topological polar surface area (TPSA) is 66.9 Å². The number of aromatic nitrogens is 2. The minimum atomic E-state index is -0.168. The molecule has 0 saturated heterocycles. The highest BCUT2D eigenvalue weighted by molar-refractivity contribution is 5.91. The molecule has 0 atom stereocenters. The number of carbonyl (C=O) groups excluding carboxylic acids is 1. The fourth-order valence-electron chi connectivity index (χ4n) is 2.10. The van der Waals surface area contributed by atoms with Crippen LogP contribution in [0.5, 0.6) is 0 Å². The Balaban J connectivity index is 1.81. The molecule has 0 unspecified atom stereocenters. The minimum absolute atomic E-state index is 0.168. The number of anilines is 1. The number of hydrogen-bond acceptors (Lipinski definition) is 4. The van der Waals surface area contributed by atoms with E-state index in [1.807, 2.05) is 0 Å². The van der Waals surface area contributed by atoms with Crippen molar-refractivity contribution in [3.63, 3.8) is 0 Å². The number of hydrogen-bond donors (Lipinski definition) is 2. The van der Waals surface area contributed by atoms with Crippen LogP contribution in [0, 0.1) is 6.92 Å². The number of benzene rings is 1. The van der Waals surface area contributed by atoms with Crippen LogP contribution in [0.4, 0.5) is 5.82 Å². The summed E-state index contributed by atoms with van der Waals surface area (Å²) in [5.41, 5.74) is 2.76. The van der Waals surface area contributed by atoms with E-state index in [2.05, 4.69) is 58.7 Å². The van der Waals surface area contributed by atoms with Crippen LogP contribution in [0.3, 0.4) is 0 Å². The summed E-state index contributed by atoms with van der Waals surface area (Å²) < 4.78 is 0. The smallest absolute Gasteiger partial charge is 0.271 e. The fourth-order valence-corrected chi connectivity index (χ4v) is 2.10. The number of aryl methyl sites for hydroxylation is 1. The molecule has 0 radical (unpaired) electrons. The van der Waals surface area contributed by atoms with Crippen LogP contribution in [0.25, 0.3) is 0 Å². The van der Waals surface area contributed by atoms with Crippen LogP contribution in [-0.4, -0.2) is 22.4 Å². The van der Waals surface area contributed by atoms with E-state index < -0.39 is 0 Å². The predicted octanol–water partition coefficient (Wildman–Crippen LogP) is 3.32. The Morgan fingerprint density at radius 3 is 2.52 bits per heavy atom. The molecule has 2 rings (SSSR count). The highest BCUT2D eigenvalue weighted by Gasteiger charge is 2.07. The van der Waals surface area contributed by atoms with Gasteiger partial charge in [-0.2, -0.15) is 0 Å². The molecule has 0 fully saturated rings. The van der Waals surface area contributed by atoms with Crippen LogP contribution in [-0.2, 0) is 6.54 Å². The zero-order chi connectivity index (χ0) is 16.5. The Morgan fingerprint density at radius 1 is 1.09 bits per heavy atom. The molecular formula is C18H24N4O. The van der Waals surface area contributed by atoms with Gasteiger partial charge in [-0.25, -0.2) is 9.97 Å². The normalized spacial score (nSPS) is 10.3. The van der Waals surface area contributed by atoms with Crippen LogP contribution in [0.1, 0.15) is 47.8 Å². The lowest BCUT2D eigenvalue weighted by molar-refractivity contribution is 0.0947. The molecule has 0 saturated carbocycles. The van der Waals surface area contributed by atoms with E-state index in [1.165, 1.54) is 17.3 Å². The second-order valence-corrected chi connectivity index (χ2v) is 5.59. The molecule has 2 aromatic rings. The molecule has 5 heteroatoms. The van der Waals surface area contributed by atoms with Gasteiger partial charge >= 0.3 is 0 Å². The van der Waals surface area contributed by atoms with Crippen LogP contribution >= 0.6 is 0 Å². The second kappa shape index (κ2) is 8.88. The Kier molecular flexibility index (Phi) is 6.54. The van der Waals surface area contributed by atoms with E-state index in [0.717, 1.165) is 19.3 Å². The molecule has 2 N–H and O–H groups in total. The summed E-state index contributed by atoms with van der Waals surface area (Å²) in [6.07, 6.45) is 6.35. The van der Waals surface area contributed by atoms with Crippen LogP contribution < -0.4 is 10.6 Å². The van der Waals surface area contributed by atoms with Crippen molar-refractivity contribution in [1.82, 2.24) is 15.3 Å². The summed E-state index contributed by atoms with van der Waals surface area (Å²) in [5.74, 6) is 0.492. The third kappa shape index (κ3) is 5.70. The Morgan fingerprint density at radius 2 is 1.87 bits per heavy atom. The van der Waals surface area contributed by atoms with E-state index in [-0.39, 0.29) is 5.91 Å². The van der Waals surface area contributed by atoms with Crippen molar-refractivity contribution in [2.75, 3.05) is 11.9 Å². The Bertz CT molecular complexity index is 608. The van der Waals surface area contributed by atoms with Crippen molar-refractivity contribution < 1.29 is 4.79 Å². The van der Waals surface area contributed by atoms with Gasteiger partial charge < -0.3 is 10.6 Å².